The van der Waals surface area contributed by atoms with Crippen LogP contribution in [0.15, 0.2) is 110 Å². The fourth-order valence-electron chi connectivity index (χ4n) is 3.89. The van der Waals surface area contributed by atoms with Gasteiger partial charge in [0.25, 0.3) is 0 Å². The molecular formula is C31H31Cl2N5S4. The highest BCUT2D eigenvalue weighted by atomic mass is 35.5. The highest BCUT2D eigenvalue weighted by Crippen LogP contribution is 2.41. The van der Waals surface area contributed by atoms with Crippen molar-refractivity contribution in [3.63, 3.8) is 0 Å². The van der Waals surface area contributed by atoms with Crippen molar-refractivity contribution in [3.05, 3.63) is 101 Å². The zero-order chi connectivity index (χ0) is 30.2. The largest absolute Gasteiger partial charge is 0.369 e. The molecule has 3 N–H and O–H groups in total. The Kier molecular flexibility index (Phi) is 11.9. The van der Waals surface area contributed by atoms with Crippen molar-refractivity contribution >= 4 is 97.2 Å². The van der Waals surface area contributed by atoms with E-state index in [4.69, 9.17) is 34.3 Å². The molecule has 0 heterocycles. The first-order valence-corrected chi connectivity index (χ1v) is 18.1. The van der Waals surface area contributed by atoms with Gasteiger partial charge in [0.1, 0.15) is 5.84 Å². The van der Waals surface area contributed by atoms with Crippen molar-refractivity contribution in [2.24, 2.45) is 10.7 Å². The number of thioether (sulfide) groups is 2. The Morgan fingerprint density at radius 2 is 1.29 bits per heavy atom. The first kappa shape index (κ1) is 32.5. The van der Waals surface area contributed by atoms with Crippen LogP contribution < -0.4 is 15.5 Å². The molecule has 0 unspecified atom stereocenters. The van der Waals surface area contributed by atoms with Crippen molar-refractivity contribution < 1.29 is 0 Å². The van der Waals surface area contributed by atoms with Crippen LogP contribution in [0, 0.1) is 5.41 Å². The van der Waals surface area contributed by atoms with E-state index in [1.807, 2.05) is 97.1 Å². The van der Waals surface area contributed by atoms with E-state index in [0.717, 1.165) is 36.5 Å². The molecule has 0 spiro atoms. The van der Waals surface area contributed by atoms with Crippen LogP contribution in [0.3, 0.4) is 0 Å². The molecule has 0 radical (unpaired) electrons. The molecule has 0 aromatic heterocycles. The SMILES string of the molecule is CSc1cccc(N(C)C(=N)Cc2cc(SSc3ccc(Cl)c(N=C(N)N(C)c4cccc(SC)c4)c3)ccc2Cl)c1. The minimum Gasteiger partial charge on any atom is -0.369 e. The van der Waals surface area contributed by atoms with Gasteiger partial charge < -0.3 is 15.5 Å². The summed E-state index contributed by atoms with van der Waals surface area (Å²) in [5, 5.41) is 9.88. The summed E-state index contributed by atoms with van der Waals surface area (Å²) < 4.78 is 0. The molecule has 0 bridgehead atoms. The quantitative estimate of drug-likeness (QED) is 0.0752. The lowest BCUT2D eigenvalue weighted by Gasteiger charge is -2.21. The van der Waals surface area contributed by atoms with Gasteiger partial charge in [0.05, 0.1) is 10.7 Å². The second kappa shape index (κ2) is 15.4. The first-order valence-electron chi connectivity index (χ1n) is 12.8. The van der Waals surface area contributed by atoms with Crippen LogP contribution in [-0.4, -0.2) is 38.4 Å². The van der Waals surface area contributed by atoms with Gasteiger partial charge in [-0.1, -0.05) is 56.9 Å². The molecule has 11 heteroatoms. The highest BCUT2D eigenvalue weighted by Gasteiger charge is 2.13. The number of benzene rings is 4. The van der Waals surface area contributed by atoms with Gasteiger partial charge >= 0.3 is 0 Å². The number of hydrogen-bond donors (Lipinski definition) is 2. The van der Waals surface area contributed by atoms with Crippen LogP contribution in [0.1, 0.15) is 5.56 Å². The topological polar surface area (TPSA) is 68.7 Å². The Balaban J connectivity index is 1.44. The van der Waals surface area contributed by atoms with E-state index in [9.17, 15) is 0 Å². The van der Waals surface area contributed by atoms with E-state index in [1.54, 1.807) is 45.1 Å². The summed E-state index contributed by atoms with van der Waals surface area (Å²) in [4.78, 5) is 12.7. The molecule has 0 fully saturated rings. The normalized spacial score (nSPS) is 11.4. The van der Waals surface area contributed by atoms with E-state index in [1.165, 1.54) is 0 Å². The second-order valence-electron chi connectivity index (χ2n) is 9.15. The number of hydrogen-bond acceptors (Lipinski definition) is 6. The predicted octanol–water partition coefficient (Wildman–Crippen LogP) is 9.98. The number of nitrogens with two attached hydrogens (primary N) is 1. The van der Waals surface area contributed by atoms with Crippen LogP contribution in [0.25, 0.3) is 0 Å². The Labute approximate surface area is 274 Å². The summed E-state index contributed by atoms with van der Waals surface area (Å²) in [6.07, 6.45) is 4.51. The van der Waals surface area contributed by atoms with Crippen molar-refractivity contribution in [2.45, 2.75) is 26.0 Å². The molecule has 4 rings (SSSR count). The highest BCUT2D eigenvalue weighted by molar-refractivity contribution is 8.76. The summed E-state index contributed by atoms with van der Waals surface area (Å²) in [5.74, 6) is 0.813. The minimum atomic E-state index is 0.347. The maximum Gasteiger partial charge on any atom is 0.200 e. The molecule has 0 saturated heterocycles. The Hall–Kier alpha value is -2.40. The van der Waals surface area contributed by atoms with Gasteiger partial charge in [-0.2, -0.15) is 0 Å². The molecule has 0 aliphatic carbocycles. The van der Waals surface area contributed by atoms with Gasteiger partial charge in [-0.05, 0) is 90.9 Å². The number of halogens is 2. The summed E-state index contributed by atoms with van der Waals surface area (Å²) in [5.41, 5.74) is 9.80. The number of nitrogens with one attached hydrogen (secondary N) is 1. The smallest absolute Gasteiger partial charge is 0.200 e. The fraction of sp³-hybridized carbons (Fsp3) is 0.161. The van der Waals surface area contributed by atoms with Crippen LogP contribution in [0.2, 0.25) is 10.0 Å². The van der Waals surface area contributed by atoms with Crippen molar-refractivity contribution in [3.8, 4) is 0 Å². The van der Waals surface area contributed by atoms with Gasteiger partial charge in [0, 0.05) is 56.5 Å². The zero-order valence-corrected chi connectivity index (χ0v) is 28.4. The number of rotatable bonds is 10. The third-order valence-electron chi connectivity index (χ3n) is 6.39. The maximum absolute atomic E-state index is 8.71. The number of aliphatic imine (C=N–C) groups is 1. The lowest BCUT2D eigenvalue weighted by molar-refractivity contribution is 1.13. The van der Waals surface area contributed by atoms with Crippen molar-refractivity contribution in [1.29, 1.82) is 5.41 Å². The first-order chi connectivity index (χ1) is 20.2. The standard InChI is InChI=1S/C31H31Cl2N5S4/c1-37(21-7-5-9-23(17-21)39-3)30(34)16-20-15-25(11-13-27(20)32)41-42-26-12-14-28(33)29(19-26)36-31(35)38(2)22-8-6-10-24(18-22)40-4/h5-15,17-19,34H,16H2,1-4H3,(H2,35,36). The predicted molar refractivity (Wildman–Crippen MR) is 191 cm³/mol. The molecule has 218 valence electrons. The Morgan fingerprint density at radius 1 is 0.738 bits per heavy atom. The minimum absolute atomic E-state index is 0.347. The molecular weight excluding hydrogens is 642 g/mol. The van der Waals surface area contributed by atoms with Gasteiger partial charge in [0.15, 0.2) is 0 Å². The van der Waals surface area contributed by atoms with E-state index in [2.05, 4.69) is 29.3 Å². The van der Waals surface area contributed by atoms with Gasteiger partial charge in [-0.3, -0.25) is 5.41 Å². The second-order valence-corrected chi connectivity index (χ2v) is 14.0. The number of amidine groups is 1. The number of guanidine groups is 1. The van der Waals surface area contributed by atoms with Crippen LogP contribution in [0.5, 0.6) is 0 Å². The van der Waals surface area contributed by atoms with Crippen LogP contribution in [-0.2, 0) is 6.42 Å². The third-order valence-corrected chi connectivity index (χ3v) is 10.9. The van der Waals surface area contributed by atoms with Crippen molar-refractivity contribution in [2.75, 3.05) is 36.4 Å². The van der Waals surface area contributed by atoms with Gasteiger partial charge in [-0.25, -0.2) is 4.99 Å². The van der Waals surface area contributed by atoms with Gasteiger partial charge in [-0.15, -0.1) is 23.5 Å². The summed E-state index contributed by atoms with van der Waals surface area (Å²) in [6, 6.07) is 28.0. The average Bonchev–Trinajstić information content (AvgIpc) is 3.01. The number of likely N-dealkylation sites (N-methyl/N-ethyl adjacent to an activating group) is 1. The van der Waals surface area contributed by atoms with Crippen LogP contribution in [0.4, 0.5) is 17.1 Å². The number of anilines is 2. The molecule has 0 amide bonds. The maximum atomic E-state index is 8.71. The molecule has 42 heavy (non-hydrogen) atoms. The molecule has 4 aromatic carbocycles. The Bertz CT molecular complexity index is 1600. The summed E-state index contributed by atoms with van der Waals surface area (Å²) in [6.45, 7) is 0. The third kappa shape index (κ3) is 8.58. The van der Waals surface area contributed by atoms with E-state index in [0.29, 0.717) is 33.9 Å². The molecule has 0 saturated carbocycles. The fourth-order valence-corrected chi connectivity index (χ4v) is 7.13. The van der Waals surface area contributed by atoms with Gasteiger partial charge in [0.2, 0.25) is 5.96 Å². The molecule has 0 aliphatic heterocycles. The molecule has 4 aromatic rings. The molecule has 5 nitrogen and oxygen atoms in total. The van der Waals surface area contributed by atoms with Crippen molar-refractivity contribution in [1.82, 2.24) is 0 Å². The lowest BCUT2D eigenvalue weighted by atomic mass is 10.1. The average molecular weight is 673 g/mol. The lowest BCUT2D eigenvalue weighted by Crippen LogP contribution is -2.33. The zero-order valence-electron chi connectivity index (χ0n) is 23.6. The summed E-state index contributed by atoms with van der Waals surface area (Å²) >= 11 is 16.4. The van der Waals surface area contributed by atoms with E-state index >= 15 is 0 Å². The molecule has 0 aliphatic rings. The monoisotopic (exact) mass is 671 g/mol. The molecule has 0 atom stereocenters. The van der Waals surface area contributed by atoms with E-state index < -0.39 is 0 Å². The summed E-state index contributed by atoms with van der Waals surface area (Å²) in [7, 11) is 7.01. The number of nitrogens with zero attached hydrogens (tertiary/aromatic N) is 3. The van der Waals surface area contributed by atoms with E-state index in [-0.39, 0.29) is 0 Å². The van der Waals surface area contributed by atoms with Crippen LogP contribution >= 0.6 is 68.3 Å². The Morgan fingerprint density at radius 3 is 1.88 bits per heavy atom.